The zero-order valence-corrected chi connectivity index (χ0v) is 9.59. The molecule has 1 saturated heterocycles. The summed E-state index contributed by atoms with van der Waals surface area (Å²) in [5.74, 6) is 0.950. The number of aromatic nitrogens is 6. The third-order valence-electron chi connectivity index (χ3n) is 3.23. The predicted molar refractivity (Wildman–Crippen MR) is 64.3 cm³/mol. The van der Waals surface area contributed by atoms with E-state index in [2.05, 4.69) is 25.3 Å². The number of hydrogen-bond donors (Lipinski definition) is 0. The van der Waals surface area contributed by atoms with Crippen molar-refractivity contribution < 1.29 is 0 Å². The van der Waals surface area contributed by atoms with Crippen molar-refractivity contribution >= 4 is 11.5 Å². The number of rotatable bonds is 2. The van der Waals surface area contributed by atoms with E-state index in [1.54, 1.807) is 10.8 Å². The van der Waals surface area contributed by atoms with E-state index in [1.807, 2.05) is 35.3 Å². The molecule has 0 bridgehead atoms. The Balaban J connectivity index is 1.55. The van der Waals surface area contributed by atoms with Crippen LogP contribution in [0.25, 0.3) is 5.65 Å². The van der Waals surface area contributed by atoms with Gasteiger partial charge >= 0.3 is 0 Å². The first-order valence-electron chi connectivity index (χ1n) is 5.81. The smallest absolute Gasteiger partial charge is 0.177 e. The molecular weight excluding hydrogens is 230 g/mol. The molecule has 4 heterocycles. The molecular formula is C11H11N7. The minimum absolute atomic E-state index is 0.443. The normalized spacial score (nSPS) is 16.1. The SMILES string of the molecule is c1cnn(C2CN(c3ccc4nncn4n3)C2)c1. The van der Waals surface area contributed by atoms with Gasteiger partial charge in [0.1, 0.15) is 12.1 Å². The Bertz CT molecular complexity index is 666. The first-order chi connectivity index (χ1) is 8.90. The zero-order chi connectivity index (χ0) is 11.9. The Labute approximate surface area is 103 Å². The lowest BCUT2D eigenvalue weighted by Crippen LogP contribution is -2.48. The second-order valence-electron chi connectivity index (χ2n) is 4.37. The summed E-state index contributed by atoms with van der Waals surface area (Å²) in [7, 11) is 0. The van der Waals surface area contributed by atoms with Crippen molar-refractivity contribution in [1.29, 1.82) is 0 Å². The van der Waals surface area contributed by atoms with Crippen molar-refractivity contribution in [2.24, 2.45) is 0 Å². The highest BCUT2D eigenvalue weighted by Gasteiger charge is 2.29. The van der Waals surface area contributed by atoms with Crippen LogP contribution in [0.15, 0.2) is 36.9 Å². The van der Waals surface area contributed by atoms with E-state index in [4.69, 9.17) is 0 Å². The highest BCUT2D eigenvalue weighted by Crippen LogP contribution is 2.25. The Morgan fingerprint density at radius 3 is 3.00 bits per heavy atom. The number of anilines is 1. The molecule has 18 heavy (non-hydrogen) atoms. The molecule has 7 heteroatoms. The Morgan fingerprint density at radius 1 is 1.22 bits per heavy atom. The summed E-state index contributed by atoms with van der Waals surface area (Å²) >= 11 is 0. The molecule has 1 aliphatic heterocycles. The quantitative estimate of drug-likeness (QED) is 0.649. The van der Waals surface area contributed by atoms with Gasteiger partial charge in [0.25, 0.3) is 0 Å². The minimum Gasteiger partial charge on any atom is -0.351 e. The number of fused-ring (bicyclic) bond motifs is 1. The lowest BCUT2D eigenvalue weighted by molar-refractivity contribution is 0.365. The molecule has 0 radical (unpaired) electrons. The molecule has 1 fully saturated rings. The highest BCUT2D eigenvalue weighted by atomic mass is 15.4. The van der Waals surface area contributed by atoms with Crippen LogP contribution in [0.1, 0.15) is 6.04 Å². The van der Waals surface area contributed by atoms with Crippen molar-refractivity contribution in [3.05, 3.63) is 36.9 Å². The van der Waals surface area contributed by atoms with Crippen LogP contribution in [-0.2, 0) is 0 Å². The van der Waals surface area contributed by atoms with E-state index in [1.165, 1.54) is 0 Å². The predicted octanol–water partition coefficient (Wildman–Crippen LogP) is 0.382. The molecule has 0 unspecified atom stereocenters. The lowest BCUT2D eigenvalue weighted by Gasteiger charge is -2.39. The van der Waals surface area contributed by atoms with Crippen LogP contribution in [0.5, 0.6) is 0 Å². The Morgan fingerprint density at radius 2 is 2.17 bits per heavy atom. The van der Waals surface area contributed by atoms with Gasteiger partial charge < -0.3 is 4.90 Å². The van der Waals surface area contributed by atoms with Crippen LogP contribution in [0.4, 0.5) is 5.82 Å². The summed E-state index contributed by atoms with van der Waals surface area (Å²) < 4.78 is 3.68. The van der Waals surface area contributed by atoms with Crippen LogP contribution >= 0.6 is 0 Å². The van der Waals surface area contributed by atoms with Crippen molar-refractivity contribution in [1.82, 2.24) is 29.6 Å². The fraction of sp³-hybridized carbons (Fsp3) is 0.273. The maximum atomic E-state index is 4.46. The molecule has 0 amide bonds. The van der Waals surface area contributed by atoms with Crippen molar-refractivity contribution in [2.75, 3.05) is 18.0 Å². The largest absolute Gasteiger partial charge is 0.351 e. The highest BCUT2D eigenvalue weighted by molar-refractivity contribution is 5.46. The summed E-state index contributed by atoms with van der Waals surface area (Å²) in [5, 5.41) is 16.5. The molecule has 7 nitrogen and oxygen atoms in total. The summed E-state index contributed by atoms with van der Waals surface area (Å²) in [4.78, 5) is 2.21. The van der Waals surface area contributed by atoms with Gasteiger partial charge in [-0.1, -0.05) is 0 Å². The van der Waals surface area contributed by atoms with Crippen LogP contribution in [0.3, 0.4) is 0 Å². The second kappa shape index (κ2) is 3.52. The van der Waals surface area contributed by atoms with Crippen molar-refractivity contribution in [3.63, 3.8) is 0 Å². The molecule has 0 aromatic carbocycles. The summed E-state index contributed by atoms with van der Waals surface area (Å²) in [6.45, 7) is 1.87. The van der Waals surface area contributed by atoms with Crippen molar-refractivity contribution in [2.45, 2.75) is 6.04 Å². The standard InChI is InChI=1S/C11H11N7/c1-4-13-17(5-1)9-6-16(7-9)11-3-2-10-14-12-8-18(10)15-11/h1-5,8-9H,6-7H2. The summed E-state index contributed by atoms with van der Waals surface area (Å²) in [6, 6.07) is 6.29. The van der Waals surface area contributed by atoms with Crippen LogP contribution in [-0.4, -0.2) is 42.7 Å². The van der Waals surface area contributed by atoms with Gasteiger partial charge in [-0.25, -0.2) is 0 Å². The Kier molecular flexibility index (Phi) is 1.88. The first-order valence-corrected chi connectivity index (χ1v) is 5.81. The monoisotopic (exact) mass is 241 g/mol. The average molecular weight is 241 g/mol. The van der Waals surface area contributed by atoms with E-state index >= 15 is 0 Å². The number of nitrogens with zero attached hydrogens (tertiary/aromatic N) is 7. The van der Waals surface area contributed by atoms with Crippen LogP contribution in [0.2, 0.25) is 0 Å². The topological polar surface area (TPSA) is 64.1 Å². The van der Waals surface area contributed by atoms with Gasteiger partial charge in [0.05, 0.1) is 6.04 Å². The molecule has 0 atom stereocenters. The number of hydrogen-bond acceptors (Lipinski definition) is 5. The molecule has 3 aromatic rings. The third kappa shape index (κ3) is 1.37. The maximum absolute atomic E-state index is 4.46. The second-order valence-corrected chi connectivity index (χ2v) is 4.37. The van der Waals surface area contributed by atoms with Gasteiger partial charge in [-0.2, -0.15) is 9.61 Å². The fourth-order valence-electron chi connectivity index (χ4n) is 2.19. The molecule has 90 valence electrons. The van der Waals surface area contributed by atoms with E-state index in [-0.39, 0.29) is 0 Å². The minimum atomic E-state index is 0.443. The summed E-state index contributed by atoms with van der Waals surface area (Å²) in [5.41, 5.74) is 0.767. The van der Waals surface area contributed by atoms with E-state index in [0.29, 0.717) is 6.04 Å². The van der Waals surface area contributed by atoms with Crippen molar-refractivity contribution in [3.8, 4) is 0 Å². The average Bonchev–Trinajstić information content (AvgIpc) is 2.96. The van der Waals surface area contributed by atoms with Gasteiger partial charge in [-0.05, 0) is 18.2 Å². The zero-order valence-electron chi connectivity index (χ0n) is 9.59. The van der Waals surface area contributed by atoms with E-state index in [9.17, 15) is 0 Å². The molecule has 3 aromatic heterocycles. The molecule has 0 aliphatic carbocycles. The molecule has 0 N–H and O–H groups in total. The lowest BCUT2D eigenvalue weighted by atomic mass is 10.1. The van der Waals surface area contributed by atoms with Gasteiger partial charge in [-0.15, -0.1) is 15.3 Å². The third-order valence-corrected chi connectivity index (χ3v) is 3.23. The van der Waals surface area contributed by atoms with Gasteiger partial charge in [-0.3, -0.25) is 4.68 Å². The van der Waals surface area contributed by atoms with Gasteiger partial charge in [0.15, 0.2) is 5.65 Å². The fourth-order valence-corrected chi connectivity index (χ4v) is 2.19. The Hall–Kier alpha value is -2.44. The van der Waals surface area contributed by atoms with Gasteiger partial charge in [0.2, 0.25) is 0 Å². The maximum Gasteiger partial charge on any atom is 0.177 e. The van der Waals surface area contributed by atoms with E-state index in [0.717, 1.165) is 24.6 Å². The van der Waals surface area contributed by atoms with Crippen LogP contribution < -0.4 is 4.90 Å². The molecule has 1 aliphatic rings. The molecule has 0 saturated carbocycles. The van der Waals surface area contributed by atoms with E-state index < -0.39 is 0 Å². The van der Waals surface area contributed by atoms with Gasteiger partial charge in [0, 0.05) is 25.5 Å². The first kappa shape index (κ1) is 9.58. The summed E-state index contributed by atoms with van der Waals surface area (Å²) in [6.07, 6.45) is 5.42. The molecule has 0 spiro atoms. The molecule has 4 rings (SSSR count). The van der Waals surface area contributed by atoms with Crippen LogP contribution in [0, 0.1) is 0 Å².